The zero-order valence-electron chi connectivity index (χ0n) is 13.7. The Balaban J connectivity index is 1.56. The summed E-state index contributed by atoms with van der Waals surface area (Å²) in [7, 11) is 3.11. The first kappa shape index (κ1) is 14.1. The van der Waals surface area contributed by atoms with Gasteiger partial charge in [-0.05, 0) is 42.2 Å². The van der Waals surface area contributed by atoms with Crippen molar-refractivity contribution in [1.82, 2.24) is 0 Å². The van der Waals surface area contributed by atoms with Gasteiger partial charge in [-0.2, -0.15) is 0 Å². The van der Waals surface area contributed by atoms with Crippen LogP contribution in [0.15, 0.2) is 30.4 Å². The summed E-state index contributed by atoms with van der Waals surface area (Å²) in [5, 5.41) is 0. The number of amides is 2. The SMILES string of the molecule is COc1ccc(N2C(=O)[C@@H]3[C@@H](C2=O)[C@H]2C=C[C@H]3C23CC3)c(OC)c1. The Morgan fingerprint density at radius 1 is 1.00 bits per heavy atom. The fourth-order valence-corrected chi connectivity index (χ4v) is 5.29. The minimum atomic E-state index is -0.193. The van der Waals surface area contributed by atoms with Crippen LogP contribution in [-0.4, -0.2) is 26.0 Å². The lowest BCUT2D eigenvalue weighted by molar-refractivity contribution is -0.123. The Morgan fingerprint density at radius 3 is 2.12 bits per heavy atom. The summed E-state index contributed by atoms with van der Waals surface area (Å²) in [5.41, 5.74) is 0.739. The van der Waals surface area contributed by atoms with E-state index in [9.17, 15) is 9.59 Å². The zero-order valence-corrected chi connectivity index (χ0v) is 13.7. The molecule has 1 aromatic rings. The first-order valence-corrected chi connectivity index (χ1v) is 8.40. The minimum absolute atomic E-state index is 0.0726. The van der Waals surface area contributed by atoms with Crippen LogP contribution in [-0.2, 0) is 9.59 Å². The maximum atomic E-state index is 13.1. The molecule has 0 aromatic heterocycles. The molecule has 4 atom stereocenters. The summed E-state index contributed by atoms with van der Waals surface area (Å²) >= 11 is 0. The molecule has 1 aromatic carbocycles. The Bertz CT molecular complexity index is 761. The predicted molar refractivity (Wildman–Crippen MR) is 86.8 cm³/mol. The molecule has 0 unspecified atom stereocenters. The standard InChI is InChI=1S/C19H19NO4/c1-23-10-3-6-13(14(9-10)24-2)20-17(21)15-11-4-5-12(16(15)18(20)22)19(11)7-8-19/h3-6,9,11-12,15-16H,7-8H2,1-2H3/t11-,12-,15+,16+/m1/s1. The van der Waals surface area contributed by atoms with Gasteiger partial charge in [0.1, 0.15) is 11.5 Å². The summed E-state index contributed by atoms with van der Waals surface area (Å²) < 4.78 is 10.6. The Labute approximate surface area is 140 Å². The Morgan fingerprint density at radius 2 is 1.62 bits per heavy atom. The number of carbonyl (C=O) groups excluding carboxylic acids is 2. The van der Waals surface area contributed by atoms with Crippen molar-refractivity contribution >= 4 is 17.5 Å². The quantitative estimate of drug-likeness (QED) is 0.632. The van der Waals surface area contributed by atoms with Gasteiger partial charge >= 0.3 is 0 Å². The summed E-state index contributed by atoms with van der Waals surface area (Å²) in [6.07, 6.45) is 6.65. The normalized spacial score (nSPS) is 34.2. The van der Waals surface area contributed by atoms with Crippen LogP contribution in [0.2, 0.25) is 0 Å². The maximum absolute atomic E-state index is 13.1. The number of anilines is 1. The van der Waals surface area contributed by atoms with Crippen molar-refractivity contribution in [3.05, 3.63) is 30.4 Å². The average Bonchev–Trinajstić information content (AvgIpc) is 3.20. The number of nitrogens with zero attached hydrogens (tertiary/aromatic N) is 1. The highest BCUT2D eigenvalue weighted by atomic mass is 16.5. The van der Waals surface area contributed by atoms with Gasteiger partial charge in [0.25, 0.3) is 0 Å². The Hall–Kier alpha value is -2.30. The molecule has 24 heavy (non-hydrogen) atoms. The number of methoxy groups -OCH3 is 2. The monoisotopic (exact) mass is 325 g/mol. The molecule has 5 heteroatoms. The van der Waals surface area contributed by atoms with Crippen molar-refractivity contribution in [3.63, 3.8) is 0 Å². The molecule has 1 aliphatic heterocycles. The van der Waals surface area contributed by atoms with Gasteiger partial charge in [0, 0.05) is 6.07 Å². The topological polar surface area (TPSA) is 55.8 Å². The third kappa shape index (κ3) is 1.46. The van der Waals surface area contributed by atoms with Crippen molar-refractivity contribution in [1.29, 1.82) is 0 Å². The van der Waals surface area contributed by atoms with E-state index in [-0.39, 0.29) is 40.9 Å². The lowest BCUT2D eigenvalue weighted by atomic mass is 9.85. The number of ether oxygens (including phenoxy) is 2. The Kier molecular flexibility index (Phi) is 2.58. The smallest absolute Gasteiger partial charge is 0.238 e. The zero-order chi connectivity index (χ0) is 16.6. The van der Waals surface area contributed by atoms with Crippen LogP contribution in [0.3, 0.4) is 0 Å². The van der Waals surface area contributed by atoms with E-state index in [0.717, 1.165) is 12.8 Å². The molecular weight excluding hydrogens is 306 g/mol. The van der Waals surface area contributed by atoms with Crippen molar-refractivity contribution < 1.29 is 19.1 Å². The van der Waals surface area contributed by atoms with Crippen LogP contribution >= 0.6 is 0 Å². The molecule has 1 saturated heterocycles. The van der Waals surface area contributed by atoms with E-state index >= 15 is 0 Å². The van der Waals surface area contributed by atoms with Gasteiger partial charge in [0.2, 0.25) is 11.8 Å². The van der Waals surface area contributed by atoms with Crippen LogP contribution in [0.1, 0.15) is 12.8 Å². The molecule has 0 N–H and O–H groups in total. The molecule has 4 aliphatic rings. The molecule has 2 saturated carbocycles. The second-order valence-electron chi connectivity index (χ2n) is 7.27. The second kappa shape index (κ2) is 4.41. The predicted octanol–water partition coefficient (Wildman–Crippen LogP) is 2.41. The molecule has 3 aliphatic carbocycles. The fourth-order valence-electron chi connectivity index (χ4n) is 5.29. The number of benzene rings is 1. The molecule has 2 amide bonds. The first-order valence-electron chi connectivity index (χ1n) is 8.40. The van der Waals surface area contributed by atoms with E-state index < -0.39 is 0 Å². The number of carbonyl (C=O) groups is 2. The van der Waals surface area contributed by atoms with Gasteiger partial charge in [-0.25, -0.2) is 4.90 Å². The van der Waals surface area contributed by atoms with E-state index in [0.29, 0.717) is 17.2 Å². The number of hydrogen-bond acceptors (Lipinski definition) is 4. The lowest BCUT2D eigenvalue weighted by Crippen LogP contribution is -2.35. The lowest BCUT2D eigenvalue weighted by Gasteiger charge is -2.23. The molecule has 0 radical (unpaired) electrons. The van der Waals surface area contributed by atoms with Crippen LogP contribution in [0.25, 0.3) is 0 Å². The van der Waals surface area contributed by atoms with Gasteiger partial charge in [-0.15, -0.1) is 0 Å². The highest BCUT2D eigenvalue weighted by Crippen LogP contribution is 2.73. The third-order valence-electron chi connectivity index (χ3n) is 6.48. The largest absolute Gasteiger partial charge is 0.497 e. The van der Waals surface area contributed by atoms with Crippen molar-refractivity contribution in [2.75, 3.05) is 19.1 Å². The number of rotatable bonds is 3. The summed E-state index contributed by atoms with van der Waals surface area (Å²) in [6.45, 7) is 0. The summed E-state index contributed by atoms with van der Waals surface area (Å²) in [6, 6.07) is 5.19. The molecule has 1 spiro atoms. The van der Waals surface area contributed by atoms with E-state index in [4.69, 9.17) is 9.47 Å². The summed E-state index contributed by atoms with van der Waals surface area (Å²) in [5.74, 6) is 1.05. The van der Waals surface area contributed by atoms with Crippen LogP contribution in [0, 0.1) is 29.1 Å². The number of allylic oxidation sites excluding steroid dienone is 2. The molecule has 5 nitrogen and oxygen atoms in total. The molecule has 5 rings (SSSR count). The van der Waals surface area contributed by atoms with Gasteiger partial charge < -0.3 is 9.47 Å². The van der Waals surface area contributed by atoms with Crippen molar-refractivity contribution in [2.24, 2.45) is 29.1 Å². The van der Waals surface area contributed by atoms with E-state index in [1.165, 1.54) is 12.0 Å². The van der Waals surface area contributed by atoms with Crippen molar-refractivity contribution in [3.8, 4) is 11.5 Å². The van der Waals surface area contributed by atoms with Crippen LogP contribution < -0.4 is 14.4 Å². The van der Waals surface area contributed by atoms with Gasteiger partial charge in [0.15, 0.2) is 0 Å². The molecule has 124 valence electrons. The fraction of sp³-hybridized carbons (Fsp3) is 0.474. The molecular formula is C19H19NO4. The van der Waals surface area contributed by atoms with Crippen LogP contribution in [0.5, 0.6) is 11.5 Å². The van der Waals surface area contributed by atoms with Crippen molar-refractivity contribution in [2.45, 2.75) is 12.8 Å². The van der Waals surface area contributed by atoms with Gasteiger partial charge in [0.05, 0.1) is 31.7 Å². The average molecular weight is 325 g/mol. The number of fused-ring (bicyclic) bond motifs is 3. The van der Waals surface area contributed by atoms with E-state index in [1.807, 2.05) is 0 Å². The van der Waals surface area contributed by atoms with E-state index in [2.05, 4.69) is 12.2 Å². The maximum Gasteiger partial charge on any atom is 0.238 e. The van der Waals surface area contributed by atoms with E-state index in [1.54, 1.807) is 25.3 Å². The van der Waals surface area contributed by atoms with Gasteiger partial charge in [-0.1, -0.05) is 12.2 Å². The highest BCUT2D eigenvalue weighted by molar-refractivity contribution is 6.23. The second-order valence-corrected chi connectivity index (χ2v) is 7.27. The highest BCUT2D eigenvalue weighted by Gasteiger charge is 2.73. The molecule has 2 bridgehead atoms. The summed E-state index contributed by atoms with van der Waals surface area (Å²) in [4.78, 5) is 27.6. The minimum Gasteiger partial charge on any atom is -0.497 e. The molecule has 3 fully saturated rings. The van der Waals surface area contributed by atoms with Crippen LogP contribution in [0.4, 0.5) is 5.69 Å². The number of imide groups is 1. The first-order chi connectivity index (χ1) is 11.6. The third-order valence-corrected chi connectivity index (χ3v) is 6.48. The van der Waals surface area contributed by atoms with Gasteiger partial charge in [-0.3, -0.25) is 9.59 Å². The number of hydrogen-bond donors (Lipinski definition) is 0. The molecule has 1 heterocycles.